The summed E-state index contributed by atoms with van der Waals surface area (Å²) in [5.41, 5.74) is 9.62. The van der Waals surface area contributed by atoms with Gasteiger partial charge in [-0.15, -0.1) is 0 Å². The minimum absolute atomic E-state index is 0.0308. The number of ketones is 1. The third kappa shape index (κ3) is 6.41. The van der Waals surface area contributed by atoms with Crippen LogP contribution in [0.2, 0.25) is 0 Å². The van der Waals surface area contributed by atoms with E-state index in [1.807, 2.05) is 0 Å². The number of hydrazine groups is 1. The van der Waals surface area contributed by atoms with Crippen LogP contribution in [0, 0.1) is 57.2 Å². The van der Waals surface area contributed by atoms with Crippen LogP contribution in [0.25, 0.3) is 10.8 Å². The third-order valence-corrected chi connectivity index (χ3v) is 25.2. The van der Waals surface area contributed by atoms with E-state index in [-0.39, 0.29) is 80.9 Å². The number of rotatable bonds is 7. The number of phenols is 2. The maximum atomic E-state index is 13.4. The number of carboxylic acids is 1. The van der Waals surface area contributed by atoms with Crippen LogP contribution in [0.15, 0.2) is 34.9 Å². The molecule has 16 atom stereocenters. The lowest BCUT2D eigenvalue weighted by Gasteiger charge is -2.72. The average molecular weight is 1060 g/mol. The van der Waals surface area contributed by atoms with Crippen LogP contribution in [-0.4, -0.2) is 121 Å². The van der Waals surface area contributed by atoms with E-state index < -0.39 is 82.0 Å². The fourth-order valence-electron chi connectivity index (χ4n) is 22.6. The molecule has 11 fully saturated rings. The highest BCUT2D eigenvalue weighted by Gasteiger charge is 2.79. The summed E-state index contributed by atoms with van der Waals surface area (Å²) in [6.45, 7) is 4.01. The Labute approximate surface area is 450 Å². The Bertz CT molecular complexity index is 2940. The minimum Gasteiger partial charge on any atom is -0.507 e. The van der Waals surface area contributed by atoms with Crippen LogP contribution < -0.4 is 15.6 Å². The molecule has 0 radical (unpaired) electrons. The minimum atomic E-state index is -1.82. The van der Waals surface area contributed by atoms with E-state index in [9.17, 15) is 45.3 Å². The average Bonchev–Trinajstić information content (AvgIpc) is 3.50. The molecule has 2 aromatic rings. The molecule has 13 aliphatic rings. The number of benzene rings is 2. The van der Waals surface area contributed by atoms with Gasteiger partial charge in [-0.3, -0.25) is 15.6 Å². The second-order valence-corrected chi connectivity index (χ2v) is 28.3. The van der Waals surface area contributed by atoms with Crippen molar-refractivity contribution in [2.24, 2.45) is 50.2 Å². The highest BCUT2D eigenvalue weighted by molar-refractivity contribution is 6.11. The first-order valence-electron chi connectivity index (χ1n) is 29.9. The lowest BCUT2D eigenvalue weighted by molar-refractivity contribution is -0.340. The van der Waals surface area contributed by atoms with E-state index in [4.69, 9.17) is 18.9 Å². The summed E-state index contributed by atoms with van der Waals surface area (Å²) in [4.78, 5) is 25.7. The number of hydrogen-bond donors (Lipinski definition) is 9. The number of hydrogen-bond acceptors (Lipinski definition) is 14. The Morgan fingerprint density at radius 3 is 2.39 bits per heavy atom. The predicted molar refractivity (Wildman–Crippen MR) is 281 cm³/mol. The molecule has 0 aromatic heterocycles. The van der Waals surface area contributed by atoms with Gasteiger partial charge in [-0.1, -0.05) is 38.2 Å². The third-order valence-electron chi connectivity index (χ3n) is 25.2. The van der Waals surface area contributed by atoms with Gasteiger partial charge in [-0.05, 0) is 192 Å². The van der Waals surface area contributed by atoms with Crippen molar-refractivity contribution < 1.29 is 64.3 Å². The van der Waals surface area contributed by atoms with Crippen LogP contribution in [0.1, 0.15) is 181 Å². The second kappa shape index (κ2) is 16.7. The van der Waals surface area contributed by atoms with E-state index in [0.29, 0.717) is 56.1 Å². The van der Waals surface area contributed by atoms with Gasteiger partial charge in [0.05, 0.1) is 35.3 Å². The number of fused-ring (bicyclic) bond motifs is 5. The number of carbonyl (C=O) groups is 2. The molecule has 8 aliphatic carbocycles. The van der Waals surface area contributed by atoms with E-state index in [1.54, 1.807) is 0 Å². The summed E-state index contributed by atoms with van der Waals surface area (Å²) in [5.74, 6) is -3.07. The molecule has 0 unspecified atom stereocenters. The van der Waals surface area contributed by atoms with Crippen LogP contribution in [0.5, 0.6) is 17.2 Å². The number of nitrogens with one attached hydrogen (secondary N) is 2. The first kappa shape index (κ1) is 50.3. The highest BCUT2D eigenvalue weighted by Crippen LogP contribution is 2.80. The summed E-state index contributed by atoms with van der Waals surface area (Å²) >= 11 is 0. The molecule has 416 valence electrons. The molecule has 15 rings (SSSR count). The number of aliphatic hydroxyl groups excluding tert-OH is 4. The lowest BCUT2D eigenvalue weighted by atomic mass is 9.38. The topological polar surface area (TPSA) is 237 Å². The van der Waals surface area contributed by atoms with Gasteiger partial charge in [-0.25, -0.2) is 4.79 Å². The van der Waals surface area contributed by atoms with Gasteiger partial charge in [0, 0.05) is 52.5 Å². The normalized spacial score (nSPS) is 45.3. The van der Waals surface area contributed by atoms with Crippen molar-refractivity contribution in [2.45, 2.75) is 216 Å². The van der Waals surface area contributed by atoms with Crippen LogP contribution in [0.4, 0.5) is 0 Å². The fraction of sp³-hybridized carbons (Fsp3) is 0.742. The highest BCUT2D eigenvalue weighted by atomic mass is 16.7. The van der Waals surface area contributed by atoms with E-state index in [2.05, 4.69) is 16.9 Å². The summed E-state index contributed by atoms with van der Waals surface area (Å²) in [5, 5.41) is 83.7. The van der Waals surface area contributed by atoms with Gasteiger partial charge in [-0.2, -0.15) is 0 Å². The van der Waals surface area contributed by atoms with Crippen molar-refractivity contribution >= 4 is 22.5 Å². The van der Waals surface area contributed by atoms with Crippen LogP contribution >= 0.6 is 0 Å². The molecule has 15 heteroatoms. The van der Waals surface area contributed by atoms with Gasteiger partial charge in [0.25, 0.3) is 0 Å². The number of aliphatic hydroxyl groups is 4. The van der Waals surface area contributed by atoms with Crippen molar-refractivity contribution in [1.29, 1.82) is 0 Å². The number of ether oxygens (including phenoxy) is 4. The van der Waals surface area contributed by atoms with Crippen molar-refractivity contribution in [1.82, 2.24) is 10.9 Å². The molecule has 15 nitrogen and oxygen atoms in total. The molecular weight excluding hydrogens is 981 g/mol. The first-order valence-corrected chi connectivity index (χ1v) is 29.9. The smallest absolute Gasteiger partial charge is 0.335 e. The quantitative estimate of drug-likeness (QED) is 0.0941. The van der Waals surface area contributed by atoms with E-state index in [1.165, 1.54) is 114 Å². The van der Waals surface area contributed by atoms with Crippen molar-refractivity contribution in [2.75, 3.05) is 19.8 Å². The summed E-state index contributed by atoms with van der Waals surface area (Å²) in [6, 6.07) is 2.63. The number of carbonyl (C=O) groups excluding carboxylic acids is 1. The molecule has 4 saturated heterocycles. The van der Waals surface area contributed by atoms with E-state index >= 15 is 0 Å². The zero-order valence-corrected chi connectivity index (χ0v) is 45.0. The molecule has 5 aliphatic heterocycles. The zero-order chi connectivity index (χ0) is 53.0. The molecule has 2 aromatic carbocycles. The van der Waals surface area contributed by atoms with Gasteiger partial charge in [0.1, 0.15) is 41.2 Å². The molecule has 7 spiro atoms. The predicted octanol–water partition coefficient (Wildman–Crippen LogP) is 8.11. The number of aromatic hydroxyl groups is 2. The van der Waals surface area contributed by atoms with Gasteiger partial charge in [0.2, 0.25) is 6.29 Å². The molecule has 5 heterocycles. The van der Waals surface area contributed by atoms with Gasteiger partial charge in [0.15, 0.2) is 5.78 Å². The van der Waals surface area contributed by atoms with Gasteiger partial charge >= 0.3 is 5.97 Å². The number of aromatic carboxylic acids is 1. The Kier molecular flexibility index (Phi) is 10.9. The number of phenolic OH excluding ortho intramolecular Hbond substituents is 2. The first-order chi connectivity index (χ1) is 36.9. The molecule has 7 saturated carbocycles. The van der Waals surface area contributed by atoms with Crippen molar-refractivity contribution in [3.05, 3.63) is 51.6 Å². The Morgan fingerprint density at radius 2 is 1.62 bits per heavy atom. The maximum Gasteiger partial charge on any atom is 0.335 e. The fourth-order valence-corrected chi connectivity index (χ4v) is 22.6. The molecular formula is C62H80N2O13. The van der Waals surface area contributed by atoms with Crippen LogP contribution in [0.3, 0.4) is 0 Å². The summed E-state index contributed by atoms with van der Waals surface area (Å²) < 4.78 is 28.3. The molecule has 77 heavy (non-hydrogen) atoms. The Hall–Kier alpha value is -3.64. The summed E-state index contributed by atoms with van der Waals surface area (Å²) in [7, 11) is 0. The molecule has 4 bridgehead atoms. The SMILES string of the molecule is CC(=O)c1c(C)c(O)c2cc(C(=O)O)cc(O[C@@H]3O[C@@H]4[C@H](O)C5(CCCC5)C[C@H]5O[C@@]4(C[C@@H]4C6=C5CC=C6[C@@]5(CCCO)COC[C@@H]6C[C@@]78C[C@]4(NN[C@@H]7C[C@@]4(CCC[C@]47CCC4(CCCC4)C7)C8)[C@@H]65)[C@H](O)[C@H]3O)c2c1O. The lowest BCUT2D eigenvalue weighted by Crippen LogP contribution is -2.81. The standard InChI is InChI=1S/C62H80N2O13/c1-32-43(33(2)66)47(68)45-37(46(32)67)21-34(53(72)73)22-40(45)75-54-48(69)50(70)62-24-39-44-36(41(77-62)25-56(13-5-6-14-56)51(71)52(62)76-54)9-10-38(44)60(17-8-20-65)31-74-27-35-23-57-29-59(26-42(57)63-64-61(39,30-57)49(35)60)16-7-15-58(59)19-18-55(28-58)11-3-4-12-55/h10,21-22,35,39,41-42,48-52,54,63-65,67-71H,3-9,11-20,23-31H2,1-2H3,(H,72,73)/t35-,39+,41+,42+,48+,49-,50+,51-,52+,54+,57+,58+,59-,60+,61+,62-/m0/s1. The number of Topliss-reactive ketones (excluding diaryl/α,β-unsaturated/α-hetero) is 1. The molecule has 9 N–H and O–H groups in total. The van der Waals surface area contributed by atoms with E-state index in [0.717, 1.165) is 38.2 Å². The van der Waals surface area contributed by atoms with Crippen LogP contribution in [-0.2, 0) is 14.2 Å². The zero-order valence-electron chi connectivity index (χ0n) is 45.0. The number of carboxylic acid groups (broad SMARTS) is 1. The number of allylic oxidation sites excluding steroid dienone is 1. The summed E-state index contributed by atoms with van der Waals surface area (Å²) in [6.07, 6.45) is 18.1. The Morgan fingerprint density at radius 1 is 0.844 bits per heavy atom. The maximum absolute atomic E-state index is 13.4. The Balaban J connectivity index is 0.872. The second-order valence-electron chi connectivity index (χ2n) is 28.3. The largest absolute Gasteiger partial charge is 0.507 e. The molecule has 0 amide bonds. The van der Waals surface area contributed by atoms with Crippen molar-refractivity contribution in [3.8, 4) is 17.2 Å². The van der Waals surface area contributed by atoms with Gasteiger partial charge < -0.3 is 54.7 Å². The van der Waals surface area contributed by atoms with Crippen molar-refractivity contribution in [3.63, 3.8) is 0 Å². The monoisotopic (exact) mass is 1060 g/mol.